The van der Waals surface area contributed by atoms with E-state index in [0.29, 0.717) is 25.3 Å². The van der Waals surface area contributed by atoms with Crippen LogP contribution in [-0.2, 0) is 19.6 Å². The number of carbonyl (C=O) groups is 1. The average Bonchev–Trinajstić information content (AvgIpc) is 2.80. The van der Waals surface area contributed by atoms with E-state index in [4.69, 9.17) is 4.74 Å². The van der Waals surface area contributed by atoms with E-state index in [-0.39, 0.29) is 17.0 Å². The summed E-state index contributed by atoms with van der Waals surface area (Å²) >= 11 is 0. The summed E-state index contributed by atoms with van der Waals surface area (Å²) in [7, 11) is -4.13. The van der Waals surface area contributed by atoms with Crippen LogP contribution in [0, 0.1) is 10.1 Å². The second-order valence-corrected chi connectivity index (χ2v) is 9.07. The van der Waals surface area contributed by atoms with Gasteiger partial charge in [0.1, 0.15) is 6.04 Å². The minimum Gasteiger partial charge on any atom is -0.378 e. The zero-order chi connectivity index (χ0) is 23.1. The molecule has 32 heavy (non-hydrogen) atoms. The van der Waals surface area contributed by atoms with Gasteiger partial charge in [-0.1, -0.05) is 19.4 Å². The molecule has 1 fully saturated rings. The molecule has 1 atom stereocenters. The maximum Gasteiger partial charge on any atom is 0.270 e. The van der Waals surface area contributed by atoms with Crippen molar-refractivity contribution in [2.24, 2.45) is 0 Å². The molecule has 2 aromatic carbocycles. The number of hydrogen-bond acceptors (Lipinski definition) is 7. The molecular weight excluding hydrogens is 436 g/mol. The lowest BCUT2D eigenvalue weighted by Gasteiger charge is -2.29. The van der Waals surface area contributed by atoms with Crippen LogP contribution in [0.25, 0.3) is 0 Å². The highest BCUT2D eigenvalue weighted by Gasteiger charge is 2.26. The molecule has 10 nitrogen and oxygen atoms in total. The first-order chi connectivity index (χ1) is 15.3. The van der Waals surface area contributed by atoms with Crippen LogP contribution in [0.3, 0.4) is 0 Å². The van der Waals surface area contributed by atoms with E-state index in [0.717, 1.165) is 24.8 Å². The minimum atomic E-state index is -4.13. The maximum atomic E-state index is 12.8. The number of nitro benzene ring substituents is 1. The first kappa shape index (κ1) is 23.6. The van der Waals surface area contributed by atoms with Crippen LogP contribution in [0.1, 0.15) is 19.8 Å². The van der Waals surface area contributed by atoms with Crippen molar-refractivity contribution in [1.82, 2.24) is 4.72 Å². The quantitative estimate of drug-likeness (QED) is 0.432. The van der Waals surface area contributed by atoms with Gasteiger partial charge >= 0.3 is 0 Å². The standard InChI is InChI=1S/C21H26N4O6S/c1-2-4-20(23-32(29,30)19-6-3-5-18(15-19)25(27)28)21(26)22-16-7-9-17(10-8-16)24-11-13-31-14-12-24/h3,5-10,15,20,23H,2,4,11-14H2,1H3,(H,22,26). The average molecular weight is 463 g/mol. The molecule has 0 aromatic heterocycles. The molecule has 2 aromatic rings. The smallest absolute Gasteiger partial charge is 0.270 e. The number of ether oxygens (including phenoxy) is 1. The molecule has 0 aliphatic carbocycles. The van der Waals surface area contributed by atoms with Gasteiger partial charge < -0.3 is 15.0 Å². The van der Waals surface area contributed by atoms with Crippen LogP contribution in [0.15, 0.2) is 53.4 Å². The van der Waals surface area contributed by atoms with Gasteiger partial charge in [0.25, 0.3) is 5.69 Å². The molecule has 1 saturated heterocycles. The molecule has 1 aliphatic heterocycles. The number of morpholine rings is 1. The van der Waals surface area contributed by atoms with Crippen LogP contribution in [0.2, 0.25) is 0 Å². The highest BCUT2D eigenvalue weighted by Crippen LogP contribution is 2.21. The van der Waals surface area contributed by atoms with Crippen LogP contribution in [-0.4, -0.2) is 51.6 Å². The molecule has 0 radical (unpaired) electrons. The number of anilines is 2. The van der Waals surface area contributed by atoms with Crippen molar-refractivity contribution in [3.63, 3.8) is 0 Å². The molecule has 0 bridgehead atoms. The van der Waals surface area contributed by atoms with Crippen LogP contribution < -0.4 is 14.9 Å². The summed E-state index contributed by atoms with van der Waals surface area (Å²) in [5.74, 6) is -0.500. The Balaban J connectivity index is 1.70. The van der Waals surface area contributed by atoms with Gasteiger partial charge in [0.15, 0.2) is 0 Å². The summed E-state index contributed by atoms with van der Waals surface area (Å²) in [6, 6.07) is 11.0. The Kier molecular flexibility index (Phi) is 7.78. The molecule has 1 heterocycles. The number of nitro groups is 1. The molecule has 0 spiro atoms. The largest absolute Gasteiger partial charge is 0.378 e. The Labute approximate surface area is 186 Å². The van der Waals surface area contributed by atoms with Crippen molar-refractivity contribution in [2.45, 2.75) is 30.7 Å². The monoisotopic (exact) mass is 462 g/mol. The van der Waals surface area contributed by atoms with Crippen LogP contribution in [0.4, 0.5) is 17.1 Å². The molecule has 1 unspecified atom stereocenters. The lowest BCUT2D eigenvalue weighted by Crippen LogP contribution is -2.43. The zero-order valence-electron chi connectivity index (χ0n) is 17.7. The molecular formula is C21H26N4O6S. The predicted molar refractivity (Wildman–Crippen MR) is 120 cm³/mol. The Hall–Kier alpha value is -3.02. The number of hydrogen-bond donors (Lipinski definition) is 2. The first-order valence-electron chi connectivity index (χ1n) is 10.3. The fraction of sp³-hybridized carbons (Fsp3) is 0.381. The van der Waals surface area contributed by atoms with Gasteiger partial charge in [-0.05, 0) is 36.8 Å². The normalized spacial score (nSPS) is 15.2. The van der Waals surface area contributed by atoms with E-state index in [2.05, 4.69) is 14.9 Å². The summed E-state index contributed by atoms with van der Waals surface area (Å²) in [6.07, 6.45) is 0.831. The topological polar surface area (TPSA) is 131 Å². The van der Waals surface area contributed by atoms with Crippen LogP contribution in [0.5, 0.6) is 0 Å². The Morgan fingerprint density at radius 3 is 2.50 bits per heavy atom. The number of carbonyl (C=O) groups excluding carboxylic acids is 1. The van der Waals surface area contributed by atoms with Gasteiger partial charge in [-0.2, -0.15) is 4.72 Å². The minimum absolute atomic E-state index is 0.268. The van der Waals surface area contributed by atoms with Crippen LogP contribution >= 0.6 is 0 Å². The van der Waals surface area contributed by atoms with E-state index < -0.39 is 26.9 Å². The van der Waals surface area contributed by atoms with Crippen molar-refractivity contribution >= 4 is 33.0 Å². The summed E-state index contributed by atoms with van der Waals surface area (Å²) in [4.78, 5) is 25.0. The fourth-order valence-electron chi connectivity index (χ4n) is 3.36. The van der Waals surface area contributed by atoms with Gasteiger partial charge in [0, 0.05) is 36.6 Å². The van der Waals surface area contributed by atoms with E-state index >= 15 is 0 Å². The number of nitrogens with one attached hydrogen (secondary N) is 2. The Morgan fingerprint density at radius 1 is 1.19 bits per heavy atom. The third-order valence-corrected chi connectivity index (χ3v) is 6.51. The highest BCUT2D eigenvalue weighted by atomic mass is 32.2. The molecule has 1 aliphatic rings. The van der Waals surface area contributed by atoms with Crippen molar-refractivity contribution < 1.29 is 22.9 Å². The fourth-order valence-corrected chi connectivity index (χ4v) is 4.63. The number of benzene rings is 2. The Morgan fingerprint density at radius 2 is 1.88 bits per heavy atom. The van der Waals surface area contributed by atoms with E-state index in [1.807, 2.05) is 19.1 Å². The maximum absolute atomic E-state index is 12.8. The number of rotatable bonds is 9. The molecule has 3 rings (SSSR count). The van der Waals surface area contributed by atoms with Gasteiger partial charge in [0.2, 0.25) is 15.9 Å². The molecule has 0 saturated carbocycles. The van der Waals surface area contributed by atoms with E-state index in [1.165, 1.54) is 18.2 Å². The van der Waals surface area contributed by atoms with E-state index in [9.17, 15) is 23.3 Å². The van der Waals surface area contributed by atoms with Crippen molar-refractivity contribution in [2.75, 3.05) is 36.5 Å². The van der Waals surface area contributed by atoms with Crippen molar-refractivity contribution in [3.8, 4) is 0 Å². The second-order valence-electron chi connectivity index (χ2n) is 7.35. The summed E-state index contributed by atoms with van der Waals surface area (Å²) < 4.78 is 33.2. The molecule has 11 heteroatoms. The van der Waals surface area contributed by atoms with Gasteiger partial charge in [-0.15, -0.1) is 0 Å². The Bertz CT molecular complexity index is 1050. The number of nitrogens with zero attached hydrogens (tertiary/aromatic N) is 2. The van der Waals surface area contributed by atoms with Gasteiger partial charge in [0.05, 0.1) is 23.0 Å². The first-order valence-corrected chi connectivity index (χ1v) is 11.8. The lowest BCUT2D eigenvalue weighted by molar-refractivity contribution is -0.385. The third-order valence-electron chi connectivity index (χ3n) is 5.04. The number of non-ortho nitro benzene ring substituents is 1. The molecule has 2 N–H and O–H groups in total. The van der Waals surface area contributed by atoms with Gasteiger partial charge in [-0.3, -0.25) is 14.9 Å². The predicted octanol–water partition coefficient (Wildman–Crippen LogP) is 2.52. The third kappa shape index (κ3) is 6.02. The summed E-state index contributed by atoms with van der Waals surface area (Å²) in [5, 5.41) is 13.7. The van der Waals surface area contributed by atoms with Crippen molar-refractivity contribution in [3.05, 3.63) is 58.6 Å². The zero-order valence-corrected chi connectivity index (χ0v) is 18.5. The summed E-state index contributed by atoms with van der Waals surface area (Å²) in [6.45, 7) is 4.76. The number of amides is 1. The highest BCUT2D eigenvalue weighted by molar-refractivity contribution is 7.89. The SMILES string of the molecule is CCCC(NS(=O)(=O)c1cccc([N+](=O)[O-])c1)C(=O)Nc1ccc(N2CCOCC2)cc1. The lowest BCUT2D eigenvalue weighted by atomic mass is 10.1. The van der Waals surface area contributed by atoms with Crippen molar-refractivity contribution in [1.29, 1.82) is 0 Å². The number of sulfonamides is 1. The molecule has 172 valence electrons. The second kappa shape index (κ2) is 10.5. The summed E-state index contributed by atoms with van der Waals surface area (Å²) in [5.41, 5.74) is 1.22. The molecule has 1 amide bonds. The van der Waals surface area contributed by atoms with E-state index in [1.54, 1.807) is 12.1 Å². The van der Waals surface area contributed by atoms with Gasteiger partial charge in [-0.25, -0.2) is 8.42 Å².